The van der Waals surface area contributed by atoms with E-state index in [1.165, 1.54) is 19.3 Å². The van der Waals surface area contributed by atoms with E-state index in [1.807, 2.05) is 30.0 Å². The molecule has 1 aromatic carbocycles. The molecule has 1 atom stereocenters. The fraction of sp³-hybridized carbons (Fsp3) is 0.652. The number of carbonyl (C=O) groups excluding carboxylic acids is 2. The first-order valence-corrected chi connectivity index (χ1v) is 11.2. The number of amides is 2. The lowest BCUT2D eigenvalue weighted by Gasteiger charge is -2.56. The summed E-state index contributed by atoms with van der Waals surface area (Å²) in [5.41, 5.74) is 1.44. The molecule has 4 bridgehead atoms. The topological polar surface area (TPSA) is 49.4 Å². The van der Waals surface area contributed by atoms with Crippen LogP contribution in [0, 0.1) is 30.1 Å². The SMILES string of the molecule is Cc1c(Cl)cccc1NC(=O)[C@H]1CCCN1C(=O)C12CC3CC(CC(C3)C1)C2. The molecule has 2 amide bonds. The van der Waals surface area contributed by atoms with Crippen molar-refractivity contribution in [2.75, 3.05) is 11.9 Å². The summed E-state index contributed by atoms with van der Waals surface area (Å²) < 4.78 is 0. The Hall–Kier alpha value is -1.55. The van der Waals surface area contributed by atoms with E-state index in [1.54, 1.807) is 0 Å². The second-order valence-corrected chi connectivity index (χ2v) is 10.2. The second kappa shape index (κ2) is 6.76. The average molecular weight is 401 g/mol. The normalized spacial score (nSPS) is 36.0. The molecular weight excluding hydrogens is 372 g/mol. The van der Waals surface area contributed by atoms with Gasteiger partial charge in [-0.3, -0.25) is 9.59 Å². The van der Waals surface area contributed by atoms with Crippen LogP contribution in [0.3, 0.4) is 0 Å². The molecule has 1 aliphatic heterocycles. The molecule has 1 saturated heterocycles. The number of carbonyl (C=O) groups is 2. The highest BCUT2D eigenvalue weighted by Crippen LogP contribution is 2.60. The zero-order valence-electron chi connectivity index (χ0n) is 16.5. The predicted molar refractivity (Wildman–Crippen MR) is 110 cm³/mol. The van der Waals surface area contributed by atoms with E-state index >= 15 is 0 Å². The molecule has 5 aliphatic rings. The van der Waals surface area contributed by atoms with Crippen LogP contribution in [-0.4, -0.2) is 29.3 Å². The molecule has 4 nitrogen and oxygen atoms in total. The zero-order valence-corrected chi connectivity index (χ0v) is 17.3. The van der Waals surface area contributed by atoms with Crippen LogP contribution in [0.2, 0.25) is 5.02 Å². The largest absolute Gasteiger partial charge is 0.330 e. The first-order valence-electron chi connectivity index (χ1n) is 10.8. The Morgan fingerprint density at radius 1 is 1.11 bits per heavy atom. The van der Waals surface area contributed by atoms with Crippen LogP contribution in [0.25, 0.3) is 0 Å². The molecule has 4 aliphatic carbocycles. The number of hydrogen-bond donors (Lipinski definition) is 1. The molecule has 28 heavy (non-hydrogen) atoms. The van der Waals surface area contributed by atoms with Gasteiger partial charge in [0.25, 0.3) is 0 Å². The third kappa shape index (κ3) is 2.96. The standard InChI is InChI=1S/C23H29ClN2O2/c1-14-18(24)4-2-5-19(14)25-21(27)20-6-3-7-26(20)22(28)23-11-15-8-16(12-23)10-17(9-15)13-23/h2,4-5,15-17,20H,3,6-13H2,1H3,(H,25,27)/t15?,16?,17?,20-,23?/m1/s1. The number of nitrogens with one attached hydrogen (secondary N) is 1. The fourth-order valence-corrected chi connectivity index (χ4v) is 7.09. The summed E-state index contributed by atoms with van der Waals surface area (Å²) in [6, 6.07) is 5.20. The van der Waals surface area contributed by atoms with Gasteiger partial charge in [0.15, 0.2) is 0 Å². The van der Waals surface area contributed by atoms with Crippen LogP contribution in [-0.2, 0) is 9.59 Å². The molecule has 5 heteroatoms. The minimum atomic E-state index is -0.348. The van der Waals surface area contributed by atoms with Crippen molar-refractivity contribution < 1.29 is 9.59 Å². The van der Waals surface area contributed by atoms with Crippen molar-refractivity contribution in [3.63, 3.8) is 0 Å². The van der Waals surface area contributed by atoms with Crippen molar-refractivity contribution in [1.82, 2.24) is 4.90 Å². The summed E-state index contributed by atoms with van der Waals surface area (Å²) in [7, 11) is 0. The lowest BCUT2D eigenvalue weighted by atomic mass is 9.49. The molecule has 6 rings (SSSR count). The van der Waals surface area contributed by atoms with Crippen molar-refractivity contribution in [1.29, 1.82) is 0 Å². The predicted octanol–water partition coefficient (Wildman–Crippen LogP) is 4.79. The van der Waals surface area contributed by atoms with Gasteiger partial charge in [0.2, 0.25) is 11.8 Å². The van der Waals surface area contributed by atoms with Crippen LogP contribution in [0.1, 0.15) is 56.9 Å². The van der Waals surface area contributed by atoms with Gasteiger partial charge in [0.05, 0.1) is 5.41 Å². The molecular formula is C23H29ClN2O2. The maximum atomic E-state index is 13.7. The Morgan fingerprint density at radius 3 is 2.39 bits per heavy atom. The lowest BCUT2D eigenvalue weighted by molar-refractivity contribution is -0.160. The number of halogens is 1. The number of benzene rings is 1. The Kier molecular flexibility index (Phi) is 4.46. The Bertz CT molecular complexity index is 786. The maximum Gasteiger partial charge on any atom is 0.247 e. The van der Waals surface area contributed by atoms with Gasteiger partial charge in [-0.1, -0.05) is 17.7 Å². The third-order valence-corrected chi connectivity index (χ3v) is 8.24. The smallest absolute Gasteiger partial charge is 0.247 e. The average Bonchev–Trinajstić information content (AvgIpc) is 3.13. The third-order valence-electron chi connectivity index (χ3n) is 7.83. The van der Waals surface area contributed by atoms with Gasteiger partial charge in [0.1, 0.15) is 6.04 Å². The van der Waals surface area contributed by atoms with Crippen molar-refractivity contribution >= 4 is 29.1 Å². The van der Waals surface area contributed by atoms with Gasteiger partial charge in [0, 0.05) is 17.3 Å². The van der Waals surface area contributed by atoms with E-state index in [9.17, 15) is 9.59 Å². The minimum Gasteiger partial charge on any atom is -0.330 e. The second-order valence-electron chi connectivity index (χ2n) is 9.76. The van der Waals surface area contributed by atoms with Crippen molar-refractivity contribution in [2.24, 2.45) is 23.2 Å². The van der Waals surface area contributed by atoms with E-state index in [2.05, 4.69) is 5.32 Å². The van der Waals surface area contributed by atoms with Crippen LogP contribution in [0.4, 0.5) is 5.69 Å². The van der Waals surface area contributed by atoms with Gasteiger partial charge in [-0.05, 0) is 93.7 Å². The molecule has 0 unspecified atom stereocenters. The summed E-state index contributed by atoms with van der Waals surface area (Å²) in [6.45, 7) is 2.62. The van der Waals surface area contributed by atoms with E-state index in [4.69, 9.17) is 11.6 Å². The molecule has 5 fully saturated rings. The Labute approximate surface area is 172 Å². The van der Waals surface area contributed by atoms with E-state index in [0.29, 0.717) is 11.6 Å². The number of hydrogen-bond acceptors (Lipinski definition) is 2. The molecule has 1 aromatic rings. The van der Waals surface area contributed by atoms with E-state index < -0.39 is 0 Å². The molecule has 1 heterocycles. The van der Waals surface area contributed by atoms with Crippen LogP contribution < -0.4 is 5.32 Å². The summed E-state index contributed by atoms with van der Waals surface area (Å²) in [5, 5.41) is 3.68. The number of rotatable bonds is 3. The van der Waals surface area contributed by atoms with Crippen LogP contribution >= 0.6 is 11.6 Å². The zero-order chi connectivity index (χ0) is 19.5. The number of nitrogens with zero attached hydrogens (tertiary/aromatic N) is 1. The van der Waals surface area contributed by atoms with E-state index in [0.717, 1.165) is 61.1 Å². The summed E-state index contributed by atoms with van der Waals surface area (Å²) in [6.07, 6.45) is 8.79. The Morgan fingerprint density at radius 2 is 1.75 bits per heavy atom. The quantitative estimate of drug-likeness (QED) is 0.792. The number of likely N-dealkylation sites (tertiary alicyclic amines) is 1. The maximum absolute atomic E-state index is 13.7. The lowest BCUT2D eigenvalue weighted by Crippen LogP contribution is -2.56. The highest BCUT2D eigenvalue weighted by molar-refractivity contribution is 6.31. The summed E-state index contributed by atoms with van der Waals surface area (Å²) >= 11 is 6.20. The highest BCUT2D eigenvalue weighted by atomic mass is 35.5. The molecule has 0 aromatic heterocycles. The molecule has 150 valence electrons. The van der Waals surface area contributed by atoms with Gasteiger partial charge in [-0.2, -0.15) is 0 Å². The molecule has 0 spiro atoms. The highest BCUT2D eigenvalue weighted by Gasteiger charge is 2.56. The summed E-state index contributed by atoms with van der Waals surface area (Å²) in [5.74, 6) is 2.41. The van der Waals surface area contributed by atoms with Crippen LogP contribution in [0.5, 0.6) is 0 Å². The molecule has 4 saturated carbocycles. The molecule has 0 radical (unpaired) electrons. The van der Waals surface area contributed by atoms with Crippen molar-refractivity contribution in [3.05, 3.63) is 28.8 Å². The first-order chi connectivity index (χ1) is 13.4. The van der Waals surface area contributed by atoms with Crippen molar-refractivity contribution in [3.8, 4) is 0 Å². The van der Waals surface area contributed by atoms with Gasteiger partial charge in [-0.15, -0.1) is 0 Å². The summed E-state index contributed by atoms with van der Waals surface area (Å²) in [4.78, 5) is 28.7. The van der Waals surface area contributed by atoms with Gasteiger partial charge >= 0.3 is 0 Å². The van der Waals surface area contributed by atoms with E-state index in [-0.39, 0.29) is 23.3 Å². The van der Waals surface area contributed by atoms with Gasteiger partial charge < -0.3 is 10.2 Å². The Balaban J connectivity index is 1.35. The van der Waals surface area contributed by atoms with Crippen LogP contribution in [0.15, 0.2) is 18.2 Å². The molecule has 1 N–H and O–H groups in total. The fourth-order valence-electron chi connectivity index (χ4n) is 6.92. The monoisotopic (exact) mass is 400 g/mol. The van der Waals surface area contributed by atoms with Crippen molar-refractivity contribution in [2.45, 2.75) is 64.3 Å². The first kappa shape index (κ1) is 18.5. The minimum absolute atomic E-state index is 0.0686. The number of anilines is 1. The van der Waals surface area contributed by atoms with Gasteiger partial charge in [-0.25, -0.2) is 0 Å².